The zero-order valence-electron chi connectivity index (χ0n) is 22.9. The lowest BCUT2D eigenvalue weighted by atomic mass is 9.87. The van der Waals surface area contributed by atoms with Gasteiger partial charge in [0.1, 0.15) is 18.0 Å². The fraction of sp³-hybridized carbons (Fsp3) is 0.655. The highest BCUT2D eigenvalue weighted by Crippen LogP contribution is 2.37. The normalized spacial score (nSPS) is 24.1. The lowest BCUT2D eigenvalue weighted by Gasteiger charge is -2.39. The third-order valence-electron chi connectivity index (χ3n) is 7.48. The fourth-order valence-corrected chi connectivity index (χ4v) is 5.54. The molecule has 3 rings (SSSR count). The van der Waals surface area contributed by atoms with Crippen molar-refractivity contribution in [2.75, 3.05) is 13.2 Å². The molecule has 4 nitrogen and oxygen atoms in total. The van der Waals surface area contributed by atoms with Gasteiger partial charge in [0.2, 0.25) is 6.29 Å². The number of allylic oxidation sites excluding steroid dienone is 1. The van der Waals surface area contributed by atoms with Gasteiger partial charge in [0.25, 0.3) is 0 Å². The van der Waals surface area contributed by atoms with E-state index in [0.717, 1.165) is 18.6 Å². The van der Waals surface area contributed by atoms with Crippen LogP contribution in [0.25, 0.3) is 0 Å². The van der Waals surface area contributed by atoms with Gasteiger partial charge in [0.05, 0.1) is 13.2 Å². The third kappa shape index (κ3) is 8.03. The quantitative estimate of drug-likeness (QED) is 0.235. The maximum atomic E-state index is 6.55. The van der Waals surface area contributed by atoms with Gasteiger partial charge in [-0.15, -0.1) is 0 Å². The maximum absolute atomic E-state index is 6.55. The van der Waals surface area contributed by atoms with E-state index in [9.17, 15) is 0 Å². The first-order valence-corrected chi connectivity index (χ1v) is 16.7. The summed E-state index contributed by atoms with van der Waals surface area (Å²) in [5.41, 5.74) is 2.76. The summed E-state index contributed by atoms with van der Waals surface area (Å²) in [4.78, 5) is 0. The van der Waals surface area contributed by atoms with Gasteiger partial charge in [-0.05, 0) is 83.1 Å². The second-order valence-electron chi connectivity index (χ2n) is 12.4. The SMILES string of the molecule is CC(C)(C)c1ccc(O[C@@H]2C=C[C@H](OCC3=C(Br)CCCC3)[C@@H](CO[Si](C)(C)C(C)(C)C)O2)cc1. The first-order chi connectivity index (χ1) is 16.3. The van der Waals surface area contributed by atoms with Crippen molar-refractivity contribution in [3.63, 3.8) is 0 Å². The molecule has 35 heavy (non-hydrogen) atoms. The van der Waals surface area contributed by atoms with Crippen LogP contribution in [0, 0.1) is 0 Å². The summed E-state index contributed by atoms with van der Waals surface area (Å²) in [6.07, 6.45) is 7.88. The Morgan fingerprint density at radius 2 is 1.63 bits per heavy atom. The molecule has 2 aliphatic rings. The predicted molar refractivity (Wildman–Crippen MR) is 151 cm³/mol. The molecule has 1 aliphatic carbocycles. The van der Waals surface area contributed by atoms with Crippen molar-refractivity contribution >= 4 is 24.2 Å². The van der Waals surface area contributed by atoms with Crippen LogP contribution in [0.4, 0.5) is 0 Å². The molecular formula is C29H45BrO4Si. The molecule has 0 saturated heterocycles. The predicted octanol–water partition coefficient (Wildman–Crippen LogP) is 8.27. The molecule has 0 aromatic heterocycles. The Labute approximate surface area is 222 Å². The summed E-state index contributed by atoms with van der Waals surface area (Å²) >= 11 is 3.75. The van der Waals surface area contributed by atoms with Gasteiger partial charge < -0.3 is 18.6 Å². The molecule has 0 bridgehead atoms. The van der Waals surface area contributed by atoms with E-state index in [1.165, 1.54) is 28.5 Å². The van der Waals surface area contributed by atoms with Crippen LogP contribution in [0.2, 0.25) is 18.1 Å². The van der Waals surface area contributed by atoms with E-state index in [2.05, 4.69) is 88.8 Å². The van der Waals surface area contributed by atoms with Crippen molar-refractivity contribution < 1.29 is 18.6 Å². The molecule has 0 unspecified atom stereocenters. The van der Waals surface area contributed by atoms with Crippen molar-refractivity contribution in [2.45, 2.75) is 109 Å². The Balaban J connectivity index is 1.70. The molecule has 0 amide bonds. The zero-order valence-corrected chi connectivity index (χ0v) is 25.5. The molecule has 1 aliphatic heterocycles. The molecule has 0 spiro atoms. The average Bonchev–Trinajstić information content (AvgIpc) is 2.77. The summed E-state index contributed by atoms with van der Waals surface area (Å²) < 4.78 is 26.8. The summed E-state index contributed by atoms with van der Waals surface area (Å²) in [6.45, 7) is 19.1. The van der Waals surface area contributed by atoms with Crippen LogP contribution in [0.3, 0.4) is 0 Å². The molecule has 0 saturated carbocycles. The maximum Gasteiger partial charge on any atom is 0.220 e. The highest BCUT2D eigenvalue weighted by molar-refractivity contribution is 9.11. The molecule has 0 radical (unpaired) electrons. The number of hydrogen-bond donors (Lipinski definition) is 0. The van der Waals surface area contributed by atoms with Gasteiger partial charge >= 0.3 is 0 Å². The van der Waals surface area contributed by atoms with E-state index in [1.54, 1.807) is 0 Å². The van der Waals surface area contributed by atoms with Crippen LogP contribution in [-0.2, 0) is 19.3 Å². The van der Waals surface area contributed by atoms with Gasteiger partial charge in [-0.2, -0.15) is 0 Å². The Kier molecular flexibility index (Phi) is 9.53. The second-order valence-corrected chi connectivity index (χ2v) is 18.1. The molecule has 0 N–H and O–H groups in total. The summed E-state index contributed by atoms with van der Waals surface area (Å²) in [5.74, 6) is 0.798. The van der Waals surface area contributed by atoms with E-state index in [-0.39, 0.29) is 22.7 Å². The van der Waals surface area contributed by atoms with Gasteiger partial charge in [0.15, 0.2) is 8.32 Å². The molecule has 1 heterocycles. The van der Waals surface area contributed by atoms with Crippen molar-refractivity contribution in [3.8, 4) is 5.75 Å². The van der Waals surface area contributed by atoms with Crippen LogP contribution in [0.15, 0.2) is 46.5 Å². The topological polar surface area (TPSA) is 36.9 Å². The van der Waals surface area contributed by atoms with E-state index < -0.39 is 14.6 Å². The lowest BCUT2D eigenvalue weighted by Crippen LogP contribution is -2.47. The monoisotopic (exact) mass is 564 g/mol. The summed E-state index contributed by atoms with van der Waals surface area (Å²) in [6, 6.07) is 8.30. The van der Waals surface area contributed by atoms with Crippen LogP contribution >= 0.6 is 15.9 Å². The first kappa shape index (κ1) is 28.6. The molecular weight excluding hydrogens is 520 g/mol. The van der Waals surface area contributed by atoms with Crippen molar-refractivity contribution in [1.29, 1.82) is 0 Å². The standard InChI is InChI=1S/C29H45BrO4Si/c1-28(2,3)22-13-15-23(16-14-22)33-27-18-17-25(31-19-21-11-9-10-12-24(21)30)26(34-27)20-32-35(7,8)29(4,5)6/h13-18,25-27H,9-12,19-20H2,1-8H3/t25-,26+,27-/m0/s1. The highest BCUT2D eigenvalue weighted by Gasteiger charge is 2.39. The highest BCUT2D eigenvalue weighted by atomic mass is 79.9. The Morgan fingerprint density at radius 3 is 2.23 bits per heavy atom. The van der Waals surface area contributed by atoms with Crippen molar-refractivity contribution in [2.24, 2.45) is 0 Å². The zero-order chi connectivity index (χ0) is 25.9. The fourth-order valence-electron chi connectivity index (χ4n) is 3.94. The largest absolute Gasteiger partial charge is 0.461 e. The smallest absolute Gasteiger partial charge is 0.220 e. The number of benzene rings is 1. The van der Waals surface area contributed by atoms with Gasteiger partial charge in [0, 0.05) is 0 Å². The van der Waals surface area contributed by atoms with Crippen LogP contribution in [-0.4, -0.2) is 40.0 Å². The second kappa shape index (κ2) is 11.6. The first-order valence-electron chi connectivity index (χ1n) is 13.0. The molecule has 6 heteroatoms. The van der Waals surface area contributed by atoms with Crippen molar-refractivity contribution in [1.82, 2.24) is 0 Å². The third-order valence-corrected chi connectivity index (χ3v) is 12.9. The summed E-state index contributed by atoms with van der Waals surface area (Å²) in [7, 11) is -1.92. The number of rotatable bonds is 8. The molecule has 3 atom stereocenters. The van der Waals surface area contributed by atoms with Crippen molar-refractivity contribution in [3.05, 3.63) is 52.0 Å². The minimum Gasteiger partial charge on any atom is -0.461 e. The Morgan fingerprint density at radius 1 is 0.971 bits per heavy atom. The van der Waals surface area contributed by atoms with E-state index in [4.69, 9.17) is 18.6 Å². The average molecular weight is 566 g/mol. The van der Waals surface area contributed by atoms with Gasteiger partial charge in [-0.25, -0.2) is 0 Å². The van der Waals surface area contributed by atoms with Gasteiger partial charge in [-0.1, -0.05) is 75.7 Å². The van der Waals surface area contributed by atoms with E-state index >= 15 is 0 Å². The Hall–Kier alpha value is -0.923. The van der Waals surface area contributed by atoms with Crippen LogP contribution in [0.5, 0.6) is 5.75 Å². The number of hydrogen-bond acceptors (Lipinski definition) is 4. The van der Waals surface area contributed by atoms with Crippen LogP contribution < -0.4 is 4.74 Å². The van der Waals surface area contributed by atoms with E-state index in [0.29, 0.717) is 13.2 Å². The summed E-state index contributed by atoms with van der Waals surface area (Å²) in [5, 5.41) is 0.135. The molecule has 1 aromatic rings. The lowest BCUT2D eigenvalue weighted by molar-refractivity contribution is -0.151. The Bertz CT molecular complexity index is 893. The number of ether oxygens (including phenoxy) is 3. The minimum atomic E-state index is -1.92. The van der Waals surface area contributed by atoms with E-state index in [1.807, 2.05) is 18.2 Å². The van der Waals surface area contributed by atoms with Crippen LogP contribution in [0.1, 0.15) is 72.8 Å². The molecule has 196 valence electrons. The van der Waals surface area contributed by atoms with Gasteiger partial charge in [-0.3, -0.25) is 0 Å². The number of halogens is 1. The molecule has 0 fully saturated rings. The molecule has 1 aromatic carbocycles. The minimum absolute atomic E-state index is 0.110.